The molecule has 2 aromatic carbocycles. The fraction of sp³-hybridized carbons (Fsp3) is 0.440. The lowest BCUT2D eigenvalue weighted by atomic mass is 10.1. The molecule has 5 heteroatoms. The minimum atomic E-state index is -0.463. The highest BCUT2D eigenvalue weighted by Gasteiger charge is 2.28. The molecule has 0 aromatic heterocycles. The van der Waals surface area contributed by atoms with Crippen LogP contribution in [0.1, 0.15) is 43.9 Å². The molecule has 0 aliphatic carbocycles. The predicted octanol–water partition coefficient (Wildman–Crippen LogP) is 4.81. The zero-order valence-electron chi connectivity index (χ0n) is 18.6. The second-order valence-corrected chi connectivity index (χ2v) is 9.03. The molecule has 4 nitrogen and oxygen atoms in total. The Kier molecular flexibility index (Phi) is 9.95. The molecule has 1 unspecified atom stereocenters. The first kappa shape index (κ1) is 24.0. The highest BCUT2D eigenvalue weighted by Crippen LogP contribution is 2.17. The van der Waals surface area contributed by atoms with Crippen molar-refractivity contribution in [1.82, 2.24) is 10.2 Å². The summed E-state index contributed by atoms with van der Waals surface area (Å²) in [5, 5.41) is 3.01. The molecule has 0 saturated heterocycles. The van der Waals surface area contributed by atoms with E-state index in [4.69, 9.17) is 0 Å². The molecule has 0 bridgehead atoms. The summed E-state index contributed by atoms with van der Waals surface area (Å²) < 4.78 is 0. The third-order valence-electron chi connectivity index (χ3n) is 4.88. The smallest absolute Gasteiger partial charge is 0.242 e. The minimum Gasteiger partial charge on any atom is -0.354 e. The van der Waals surface area contributed by atoms with E-state index < -0.39 is 6.04 Å². The number of carbonyl (C=O) groups excluding carboxylic acids is 2. The third-order valence-corrected chi connectivity index (χ3v) is 5.87. The van der Waals surface area contributed by atoms with Crippen LogP contribution in [-0.4, -0.2) is 35.1 Å². The fourth-order valence-corrected chi connectivity index (χ4v) is 4.02. The van der Waals surface area contributed by atoms with Crippen LogP contribution in [0.25, 0.3) is 0 Å². The van der Waals surface area contributed by atoms with Crippen molar-refractivity contribution in [2.45, 2.75) is 52.5 Å². The molecule has 0 aliphatic rings. The van der Waals surface area contributed by atoms with Crippen molar-refractivity contribution in [3.8, 4) is 0 Å². The second kappa shape index (κ2) is 12.4. The van der Waals surface area contributed by atoms with Crippen LogP contribution >= 0.6 is 11.8 Å². The van der Waals surface area contributed by atoms with E-state index in [1.54, 1.807) is 16.7 Å². The SMILES string of the molecule is CCC(C(=O)NCC(C)C)N(Cc1ccc(C)cc1)C(=O)CSCc1ccccc1. The number of aryl methyl sites for hydroxylation is 1. The number of nitrogens with zero attached hydrogens (tertiary/aromatic N) is 1. The lowest BCUT2D eigenvalue weighted by Gasteiger charge is -2.31. The Hall–Kier alpha value is -2.27. The first-order valence-corrected chi connectivity index (χ1v) is 11.8. The molecular formula is C25H34N2O2S. The number of amides is 2. The van der Waals surface area contributed by atoms with Crippen LogP contribution in [0.2, 0.25) is 0 Å². The Balaban J connectivity index is 2.10. The maximum Gasteiger partial charge on any atom is 0.242 e. The second-order valence-electron chi connectivity index (χ2n) is 8.05. The van der Waals surface area contributed by atoms with Crippen molar-refractivity contribution in [2.24, 2.45) is 5.92 Å². The van der Waals surface area contributed by atoms with Gasteiger partial charge in [0.1, 0.15) is 6.04 Å². The number of hydrogen-bond acceptors (Lipinski definition) is 3. The van der Waals surface area contributed by atoms with Crippen molar-refractivity contribution in [2.75, 3.05) is 12.3 Å². The Bertz CT molecular complexity index is 791. The molecule has 0 spiro atoms. The summed E-state index contributed by atoms with van der Waals surface area (Å²) in [6.07, 6.45) is 0.588. The monoisotopic (exact) mass is 426 g/mol. The number of rotatable bonds is 11. The van der Waals surface area contributed by atoms with Crippen molar-refractivity contribution in [3.05, 3.63) is 71.3 Å². The van der Waals surface area contributed by atoms with E-state index in [9.17, 15) is 9.59 Å². The standard InChI is InChI=1S/C25H34N2O2S/c1-5-23(25(29)26-15-19(2)3)27(16-21-13-11-20(4)12-14-21)24(28)18-30-17-22-9-7-6-8-10-22/h6-14,19,23H,5,15-18H2,1-4H3,(H,26,29). The first-order valence-electron chi connectivity index (χ1n) is 10.6. The molecule has 2 aromatic rings. The van der Waals surface area contributed by atoms with Gasteiger partial charge in [0.2, 0.25) is 11.8 Å². The van der Waals surface area contributed by atoms with Gasteiger partial charge in [0.15, 0.2) is 0 Å². The molecule has 0 radical (unpaired) electrons. The van der Waals surface area contributed by atoms with E-state index in [-0.39, 0.29) is 11.8 Å². The third kappa shape index (κ3) is 7.86. The maximum atomic E-state index is 13.2. The lowest BCUT2D eigenvalue weighted by Crippen LogP contribution is -2.50. The largest absolute Gasteiger partial charge is 0.354 e. The molecule has 1 N–H and O–H groups in total. The summed E-state index contributed by atoms with van der Waals surface area (Å²) in [7, 11) is 0. The predicted molar refractivity (Wildman–Crippen MR) is 126 cm³/mol. The van der Waals surface area contributed by atoms with Crippen LogP contribution < -0.4 is 5.32 Å². The summed E-state index contributed by atoms with van der Waals surface area (Å²) in [5.41, 5.74) is 3.41. The van der Waals surface area contributed by atoms with Gasteiger partial charge in [0, 0.05) is 18.8 Å². The normalized spacial score (nSPS) is 11.9. The topological polar surface area (TPSA) is 49.4 Å². The highest BCUT2D eigenvalue weighted by molar-refractivity contribution is 7.99. The van der Waals surface area contributed by atoms with E-state index in [2.05, 4.69) is 31.3 Å². The average molecular weight is 427 g/mol. The quantitative estimate of drug-likeness (QED) is 0.561. The van der Waals surface area contributed by atoms with Crippen LogP contribution in [0.4, 0.5) is 0 Å². The zero-order valence-corrected chi connectivity index (χ0v) is 19.4. The van der Waals surface area contributed by atoms with Crippen molar-refractivity contribution >= 4 is 23.6 Å². The number of hydrogen-bond donors (Lipinski definition) is 1. The number of benzene rings is 2. The Morgan fingerprint density at radius 1 is 1.00 bits per heavy atom. The molecule has 0 saturated carbocycles. The van der Waals surface area contributed by atoms with Gasteiger partial charge < -0.3 is 10.2 Å². The van der Waals surface area contributed by atoms with Gasteiger partial charge in [-0.05, 0) is 30.4 Å². The fourth-order valence-electron chi connectivity index (χ4n) is 3.15. The molecule has 2 amide bonds. The van der Waals surface area contributed by atoms with Gasteiger partial charge in [-0.15, -0.1) is 11.8 Å². The first-order chi connectivity index (χ1) is 14.4. The summed E-state index contributed by atoms with van der Waals surface area (Å²) in [5.74, 6) is 1.44. The summed E-state index contributed by atoms with van der Waals surface area (Å²) >= 11 is 1.59. The highest BCUT2D eigenvalue weighted by atomic mass is 32.2. The summed E-state index contributed by atoms with van der Waals surface area (Å²) in [6.45, 7) is 9.20. The van der Waals surface area contributed by atoms with E-state index in [1.165, 1.54) is 11.1 Å². The lowest BCUT2D eigenvalue weighted by molar-refractivity contribution is -0.139. The van der Waals surface area contributed by atoms with Gasteiger partial charge in [0.25, 0.3) is 0 Å². The molecular weight excluding hydrogens is 392 g/mol. The van der Waals surface area contributed by atoms with Crippen LogP contribution in [-0.2, 0) is 21.9 Å². The Morgan fingerprint density at radius 2 is 1.67 bits per heavy atom. The van der Waals surface area contributed by atoms with Crippen LogP contribution in [0, 0.1) is 12.8 Å². The maximum absolute atomic E-state index is 13.2. The van der Waals surface area contributed by atoms with Crippen molar-refractivity contribution in [1.29, 1.82) is 0 Å². The molecule has 30 heavy (non-hydrogen) atoms. The number of carbonyl (C=O) groups is 2. The number of thioether (sulfide) groups is 1. The zero-order chi connectivity index (χ0) is 21.9. The molecule has 2 rings (SSSR count). The van der Waals surface area contributed by atoms with Gasteiger partial charge in [-0.25, -0.2) is 0 Å². The summed E-state index contributed by atoms with van der Waals surface area (Å²) in [4.78, 5) is 27.8. The Labute approximate surface area is 185 Å². The van der Waals surface area contributed by atoms with Gasteiger partial charge in [-0.1, -0.05) is 80.9 Å². The average Bonchev–Trinajstić information content (AvgIpc) is 2.74. The molecule has 0 aliphatic heterocycles. The molecule has 1 atom stereocenters. The van der Waals surface area contributed by atoms with Crippen LogP contribution in [0.3, 0.4) is 0 Å². The van der Waals surface area contributed by atoms with Crippen LogP contribution in [0.15, 0.2) is 54.6 Å². The van der Waals surface area contributed by atoms with Gasteiger partial charge in [-0.2, -0.15) is 0 Å². The van der Waals surface area contributed by atoms with E-state index in [1.807, 2.05) is 56.3 Å². The minimum absolute atomic E-state index is 0.00283. The van der Waals surface area contributed by atoms with Gasteiger partial charge >= 0.3 is 0 Å². The van der Waals surface area contributed by atoms with Crippen molar-refractivity contribution < 1.29 is 9.59 Å². The molecule has 0 fully saturated rings. The van der Waals surface area contributed by atoms with Crippen LogP contribution in [0.5, 0.6) is 0 Å². The van der Waals surface area contributed by atoms with E-state index in [0.29, 0.717) is 31.2 Å². The number of nitrogens with one attached hydrogen (secondary N) is 1. The Morgan fingerprint density at radius 3 is 2.27 bits per heavy atom. The van der Waals surface area contributed by atoms with E-state index >= 15 is 0 Å². The van der Waals surface area contributed by atoms with Crippen molar-refractivity contribution in [3.63, 3.8) is 0 Å². The van der Waals surface area contributed by atoms with Gasteiger partial charge in [-0.3, -0.25) is 9.59 Å². The summed E-state index contributed by atoms with van der Waals surface area (Å²) in [6, 6.07) is 17.8. The van der Waals surface area contributed by atoms with Gasteiger partial charge in [0.05, 0.1) is 5.75 Å². The molecule has 162 valence electrons. The van der Waals surface area contributed by atoms with E-state index in [0.717, 1.165) is 11.3 Å². The molecule has 0 heterocycles.